The van der Waals surface area contributed by atoms with Crippen LogP contribution < -0.4 is 0 Å². The smallest absolute Gasteiger partial charge is 0.0669 e. The highest BCUT2D eigenvalue weighted by atomic mass is 32.3. The van der Waals surface area contributed by atoms with Gasteiger partial charge < -0.3 is 0 Å². The van der Waals surface area contributed by atoms with Crippen LogP contribution in [0.3, 0.4) is 0 Å². The summed E-state index contributed by atoms with van der Waals surface area (Å²) in [6.07, 6.45) is 4.77. The van der Waals surface area contributed by atoms with Gasteiger partial charge in [0.25, 0.3) is 0 Å². The third kappa shape index (κ3) is 2.13. The van der Waals surface area contributed by atoms with Crippen molar-refractivity contribution in [3.63, 3.8) is 0 Å². The third-order valence-corrected chi connectivity index (χ3v) is 8.46. The van der Waals surface area contributed by atoms with E-state index in [0.29, 0.717) is 0 Å². The van der Waals surface area contributed by atoms with E-state index >= 15 is 0 Å². The van der Waals surface area contributed by atoms with Crippen LogP contribution in [0.15, 0.2) is 0 Å². The van der Waals surface area contributed by atoms with Gasteiger partial charge in [0.05, 0.1) is 24.0 Å². The van der Waals surface area contributed by atoms with Crippen molar-refractivity contribution in [3.05, 3.63) is 0 Å². The monoisotopic (exact) mass is 222 g/mol. The molecule has 2 rings (SSSR count). The summed E-state index contributed by atoms with van der Waals surface area (Å²) in [6.45, 7) is 0. The quantitative estimate of drug-likeness (QED) is 0.632. The van der Waals surface area contributed by atoms with Crippen molar-refractivity contribution in [2.24, 2.45) is 11.8 Å². The van der Waals surface area contributed by atoms with Crippen LogP contribution in [-0.4, -0.2) is 23.0 Å². The van der Waals surface area contributed by atoms with Crippen molar-refractivity contribution in [3.8, 4) is 12.1 Å². The van der Waals surface area contributed by atoms with Gasteiger partial charge in [-0.3, -0.25) is 0 Å². The molecule has 0 radical (unpaired) electrons. The van der Waals surface area contributed by atoms with Crippen molar-refractivity contribution in [2.45, 2.75) is 25.7 Å². The molecule has 2 aliphatic heterocycles. The highest BCUT2D eigenvalue weighted by molar-refractivity contribution is 8.33. The van der Waals surface area contributed by atoms with Gasteiger partial charge >= 0.3 is 0 Å². The zero-order chi connectivity index (χ0) is 10.7. The lowest BCUT2D eigenvalue weighted by Gasteiger charge is -2.34. The second-order valence-electron chi connectivity index (χ2n) is 4.80. The number of rotatable bonds is 0. The maximum atomic E-state index is 9.06. The van der Waals surface area contributed by atoms with Gasteiger partial charge in [0, 0.05) is 0 Å². The number of nitriles is 2. The van der Waals surface area contributed by atoms with Gasteiger partial charge in [-0.25, -0.2) is 10.0 Å². The Hall–Kier alpha value is -0.670. The Bertz CT molecular complexity index is 281. The molecule has 0 aromatic carbocycles. The Kier molecular flexibility index (Phi) is 3.22. The summed E-state index contributed by atoms with van der Waals surface area (Å²) in [7, 11) is -0.387. The molecule has 82 valence electrons. The molecule has 2 unspecified atom stereocenters. The Morgan fingerprint density at radius 1 is 0.800 bits per heavy atom. The van der Waals surface area contributed by atoms with Gasteiger partial charge in [0.2, 0.25) is 0 Å². The summed E-state index contributed by atoms with van der Waals surface area (Å²) in [6, 6.07) is 4.68. The molecule has 2 saturated heterocycles. The normalized spacial score (nSPS) is 36.4. The van der Waals surface area contributed by atoms with Crippen LogP contribution in [0.25, 0.3) is 0 Å². The predicted octanol–water partition coefficient (Wildman–Crippen LogP) is 2.66. The van der Waals surface area contributed by atoms with Crippen LogP contribution in [0.2, 0.25) is 0 Å². The summed E-state index contributed by atoms with van der Waals surface area (Å²) in [5.41, 5.74) is 0. The largest absolute Gasteiger partial charge is 0.241 e. The van der Waals surface area contributed by atoms with Crippen molar-refractivity contribution in [1.82, 2.24) is 0 Å². The SMILES string of the molecule is N#CC1CCS2(CCCC2)CCC1C#N. The molecule has 15 heavy (non-hydrogen) atoms. The first-order valence-corrected chi connectivity index (χ1v) is 8.14. The summed E-state index contributed by atoms with van der Waals surface area (Å²) < 4.78 is 0. The van der Waals surface area contributed by atoms with Crippen molar-refractivity contribution in [2.75, 3.05) is 23.0 Å². The van der Waals surface area contributed by atoms with Crippen LogP contribution in [0, 0.1) is 34.5 Å². The topological polar surface area (TPSA) is 47.6 Å². The van der Waals surface area contributed by atoms with Crippen molar-refractivity contribution >= 4 is 10.0 Å². The molecule has 2 nitrogen and oxygen atoms in total. The second kappa shape index (κ2) is 4.45. The number of nitrogens with zero attached hydrogens (tertiary/aromatic N) is 2. The van der Waals surface area contributed by atoms with Gasteiger partial charge in [-0.2, -0.15) is 10.5 Å². The average molecular weight is 222 g/mol. The maximum Gasteiger partial charge on any atom is 0.0669 e. The fourth-order valence-electron chi connectivity index (χ4n) is 2.89. The van der Waals surface area contributed by atoms with Crippen molar-refractivity contribution < 1.29 is 0 Å². The number of hydrogen-bond acceptors (Lipinski definition) is 2. The molecule has 2 atom stereocenters. The van der Waals surface area contributed by atoms with E-state index in [2.05, 4.69) is 12.1 Å². The maximum absolute atomic E-state index is 9.06. The first-order valence-electron chi connectivity index (χ1n) is 5.83. The molecule has 2 aliphatic rings. The fraction of sp³-hybridized carbons (Fsp3) is 0.833. The Morgan fingerprint density at radius 3 is 1.67 bits per heavy atom. The Morgan fingerprint density at radius 2 is 1.27 bits per heavy atom. The molecule has 0 bridgehead atoms. The van der Waals surface area contributed by atoms with Gasteiger partial charge in [0.15, 0.2) is 0 Å². The minimum Gasteiger partial charge on any atom is -0.241 e. The molecule has 1 spiro atoms. The van der Waals surface area contributed by atoms with E-state index in [1.807, 2.05) is 0 Å². The van der Waals surface area contributed by atoms with Crippen molar-refractivity contribution in [1.29, 1.82) is 10.5 Å². The van der Waals surface area contributed by atoms with Crippen LogP contribution in [0.5, 0.6) is 0 Å². The van der Waals surface area contributed by atoms with E-state index in [-0.39, 0.29) is 21.9 Å². The lowest BCUT2D eigenvalue weighted by molar-refractivity contribution is 0.483. The van der Waals surface area contributed by atoms with Gasteiger partial charge in [-0.1, -0.05) is 0 Å². The second-order valence-corrected chi connectivity index (χ2v) is 8.88. The Labute approximate surface area is 93.6 Å². The summed E-state index contributed by atoms with van der Waals surface area (Å²) in [5, 5.41) is 18.1. The summed E-state index contributed by atoms with van der Waals surface area (Å²) >= 11 is 0. The van der Waals surface area contributed by atoms with E-state index in [1.54, 1.807) is 0 Å². The highest BCUT2D eigenvalue weighted by Gasteiger charge is 2.35. The molecule has 0 N–H and O–H groups in total. The van der Waals surface area contributed by atoms with Gasteiger partial charge in [0.1, 0.15) is 0 Å². The molecule has 0 aliphatic carbocycles. The van der Waals surface area contributed by atoms with E-state index in [4.69, 9.17) is 10.5 Å². The molecule has 2 fully saturated rings. The minimum absolute atomic E-state index is 0.0162. The van der Waals surface area contributed by atoms with E-state index < -0.39 is 0 Å². The standard InChI is InChI=1S/C12H18N2S/c13-9-11-3-7-15(5-1-2-6-15)8-4-12(11)10-14/h11-12H,1-8H2. The lowest BCUT2D eigenvalue weighted by Crippen LogP contribution is -2.10. The molecule has 0 aromatic heterocycles. The number of hydrogen-bond donors (Lipinski definition) is 0. The van der Waals surface area contributed by atoms with E-state index in [0.717, 1.165) is 12.8 Å². The molecule has 0 saturated carbocycles. The molecule has 0 aromatic rings. The van der Waals surface area contributed by atoms with Crippen LogP contribution in [0.4, 0.5) is 0 Å². The molecule has 2 heterocycles. The lowest BCUT2D eigenvalue weighted by atomic mass is 9.91. The Balaban J connectivity index is 2.08. The molecular formula is C12H18N2S. The molecular weight excluding hydrogens is 204 g/mol. The van der Waals surface area contributed by atoms with E-state index in [9.17, 15) is 0 Å². The summed E-state index contributed by atoms with van der Waals surface area (Å²) in [5.74, 6) is 5.41. The zero-order valence-corrected chi connectivity index (χ0v) is 9.93. The van der Waals surface area contributed by atoms with Crippen LogP contribution >= 0.6 is 10.0 Å². The summed E-state index contributed by atoms with van der Waals surface area (Å²) in [4.78, 5) is 0. The zero-order valence-electron chi connectivity index (χ0n) is 9.11. The average Bonchev–Trinajstić information content (AvgIpc) is 2.63. The third-order valence-electron chi connectivity index (χ3n) is 3.95. The fourth-order valence-corrected chi connectivity index (χ4v) is 7.26. The van der Waals surface area contributed by atoms with Crippen LogP contribution in [-0.2, 0) is 0 Å². The predicted molar refractivity (Wildman–Crippen MR) is 63.7 cm³/mol. The first kappa shape index (κ1) is 10.8. The van der Waals surface area contributed by atoms with E-state index in [1.165, 1.54) is 35.9 Å². The van der Waals surface area contributed by atoms with Crippen LogP contribution in [0.1, 0.15) is 25.7 Å². The first-order chi connectivity index (χ1) is 7.29. The highest BCUT2D eigenvalue weighted by Crippen LogP contribution is 2.57. The van der Waals surface area contributed by atoms with Gasteiger partial charge in [-0.15, -0.1) is 0 Å². The molecule has 3 heteroatoms. The minimum atomic E-state index is -0.387. The molecule has 0 amide bonds. The van der Waals surface area contributed by atoms with Gasteiger partial charge in [-0.05, 0) is 48.7 Å².